The van der Waals surface area contributed by atoms with E-state index in [4.69, 9.17) is 4.74 Å². The van der Waals surface area contributed by atoms with E-state index < -0.39 is 0 Å². The second kappa shape index (κ2) is 4.79. The molecule has 0 spiro atoms. The molecule has 1 saturated carbocycles. The fraction of sp³-hybridized carbons (Fsp3) is 1.00. The Hall–Kier alpha value is 0.440. The van der Waals surface area contributed by atoms with Crippen molar-refractivity contribution in [2.24, 2.45) is 11.8 Å². The average Bonchev–Trinajstić information content (AvgIpc) is 2.61. The third-order valence-electron chi connectivity index (χ3n) is 3.49. The quantitative estimate of drug-likeness (QED) is 0.680. The molecule has 1 heterocycles. The van der Waals surface area contributed by atoms with Crippen LogP contribution in [0.5, 0.6) is 0 Å². The first-order chi connectivity index (χ1) is 6.36. The lowest BCUT2D eigenvalue weighted by atomic mass is 9.89. The molecular formula is C11H19BrO. The maximum Gasteiger partial charge on any atom is 0.0505 e. The van der Waals surface area contributed by atoms with Crippen molar-refractivity contribution in [3.8, 4) is 0 Å². The molecule has 1 aliphatic carbocycles. The number of rotatable bonds is 2. The molecule has 1 saturated heterocycles. The Kier molecular flexibility index (Phi) is 3.67. The normalized spacial score (nSPS) is 36.7. The van der Waals surface area contributed by atoms with Gasteiger partial charge >= 0.3 is 0 Å². The Morgan fingerprint density at radius 3 is 2.62 bits per heavy atom. The Balaban J connectivity index is 1.78. The average molecular weight is 247 g/mol. The van der Waals surface area contributed by atoms with E-state index in [0.29, 0.717) is 0 Å². The molecule has 2 aliphatic rings. The highest BCUT2D eigenvalue weighted by Crippen LogP contribution is 2.35. The molecular weight excluding hydrogens is 228 g/mol. The Morgan fingerprint density at radius 1 is 1.15 bits per heavy atom. The summed E-state index contributed by atoms with van der Waals surface area (Å²) >= 11 is 3.78. The first-order valence-electron chi connectivity index (χ1n) is 5.58. The van der Waals surface area contributed by atoms with Crippen LogP contribution in [0.4, 0.5) is 0 Å². The summed E-state index contributed by atoms with van der Waals surface area (Å²) in [4.78, 5) is 0.724. The van der Waals surface area contributed by atoms with Crippen LogP contribution >= 0.6 is 15.9 Å². The van der Waals surface area contributed by atoms with E-state index in [0.717, 1.165) is 29.9 Å². The maximum absolute atomic E-state index is 5.53. The van der Waals surface area contributed by atoms with E-state index in [1.165, 1.54) is 38.5 Å². The minimum Gasteiger partial charge on any atom is -0.381 e. The fourth-order valence-corrected chi connectivity index (χ4v) is 3.22. The summed E-state index contributed by atoms with van der Waals surface area (Å²) in [5.74, 6) is 1.79. The molecule has 2 unspecified atom stereocenters. The number of ether oxygens (including phenoxy) is 1. The highest BCUT2D eigenvalue weighted by Gasteiger charge is 2.27. The van der Waals surface area contributed by atoms with Crippen LogP contribution < -0.4 is 0 Å². The Morgan fingerprint density at radius 2 is 1.92 bits per heavy atom. The largest absolute Gasteiger partial charge is 0.381 e. The van der Waals surface area contributed by atoms with Gasteiger partial charge in [0.1, 0.15) is 0 Å². The van der Waals surface area contributed by atoms with Crippen molar-refractivity contribution in [2.45, 2.75) is 43.4 Å². The minimum atomic E-state index is 0.724. The van der Waals surface area contributed by atoms with Crippen LogP contribution in [0.3, 0.4) is 0 Å². The summed E-state index contributed by atoms with van der Waals surface area (Å²) in [7, 11) is 0. The first kappa shape index (κ1) is 9.97. The molecule has 2 atom stereocenters. The van der Waals surface area contributed by atoms with Gasteiger partial charge in [0.2, 0.25) is 0 Å². The van der Waals surface area contributed by atoms with E-state index in [9.17, 15) is 0 Å². The molecule has 0 amide bonds. The van der Waals surface area contributed by atoms with E-state index in [2.05, 4.69) is 15.9 Å². The van der Waals surface area contributed by atoms with Gasteiger partial charge < -0.3 is 4.74 Å². The molecule has 0 N–H and O–H groups in total. The van der Waals surface area contributed by atoms with Crippen molar-refractivity contribution in [3.05, 3.63) is 0 Å². The summed E-state index contributed by atoms with van der Waals surface area (Å²) < 4.78 is 5.53. The smallest absolute Gasteiger partial charge is 0.0505 e. The van der Waals surface area contributed by atoms with Crippen LogP contribution in [-0.2, 0) is 4.74 Å². The second-order valence-electron chi connectivity index (χ2n) is 4.53. The van der Waals surface area contributed by atoms with Crippen LogP contribution in [0, 0.1) is 11.8 Å². The van der Waals surface area contributed by atoms with Gasteiger partial charge in [0.25, 0.3) is 0 Å². The lowest BCUT2D eigenvalue weighted by Crippen LogP contribution is -2.29. The van der Waals surface area contributed by atoms with Gasteiger partial charge in [-0.15, -0.1) is 0 Å². The monoisotopic (exact) mass is 246 g/mol. The molecule has 0 radical (unpaired) electrons. The van der Waals surface area contributed by atoms with Crippen LogP contribution in [-0.4, -0.2) is 18.0 Å². The van der Waals surface area contributed by atoms with Gasteiger partial charge in [-0.25, -0.2) is 0 Å². The van der Waals surface area contributed by atoms with Crippen molar-refractivity contribution < 1.29 is 4.74 Å². The summed E-state index contributed by atoms with van der Waals surface area (Å²) in [5, 5.41) is 0. The Bertz CT molecular complexity index is 154. The summed E-state index contributed by atoms with van der Waals surface area (Å²) in [5.41, 5.74) is 0. The summed E-state index contributed by atoms with van der Waals surface area (Å²) in [6, 6.07) is 0. The highest BCUT2D eigenvalue weighted by molar-refractivity contribution is 9.09. The molecule has 0 aromatic carbocycles. The fourth-order valence-electron chi connectivity index (χ4n) is 2.66. The molecule has 2 fully saturated rings. The van der Waals surface area contributed by atoms with Crippen molar-refractivity contribution in [2.75, 3.05) is 13.2 Å². The SMILES string of the molecule is BrC1CCOCC1CC1CCCC1. The number of hydrogen-bond donors (Lipinski definition) is 0. The maximum atomic E-state index is 5.53. The zero-order valence-electron chi connectivity index (χ0n) is 8.18. The lowest BCUT2D eigenvalue weighted by molar-refractivity contribution is 0.0511. The van der Waals surface area contributed by atoms with E-state index in [1.807, 2.05) is 0 Å². The number of halogens is 1. The van der Waals surface area contributed by atoms with Crippen molar-refractivity contribution in [3.63, 3.8) is 0 Å². The molecule has 2 heteroatoms. The lowest BCUT2D eigenvalue weighted by Gasteiger charge is -2.29. The molecule has 2 rings (SSSR count). The van der Waals surface area contributed by atoms with Gasteiger partial charge in [-0.05, 0) is 24.7 Å². The molecule has 1 aliphatic heterocycles. The second-order valence-corrected chi connectivity index (χ2v) is 5.70. The molecule has 0 aromatic heterocycles. The Labute approximate surface area is 89.4 Å². The van der Waals surface area contributed by atoms with Crippen molar-refractivity contribution in [1.29, 1.82) is 0 Å². The number of hydrogen-bond acceptors (Lipinski definition) is 1. The van der Waals surface area contributed by atoms with Gasteiger partial charge in [-0.2, -0.15) is 0 Å². The van der Waals surface area contributed by atoms with Crippen LogP contribution in [0.1, 0.15) is 38.5 Å². The topological polar surface area (TPSA) is 9.23 Å². The predicted molar refractivity (Wildman–Crippen MR) is 58.2 cm³/mol. The van der Waals surface area contributed by atoms with Crippen molar-refractivity contribution in [1.82, 2.24) is 0 Å². The van der Waals surface area contributed by atoms with Gasteiger partial charge in [0.15, 0.2) is 0 Å². The summed E-state index contributed by atoms with van der Waals surface area (Å²) in [6.07, 6.45) is 8.47. The zero-order valence-corrected chi connectivity index (χ0v) is 9.76. The van der Waals surface area contributed by atoms with E-state index in [-0.39, 0.29) is 0 Å². The van der Waals surface area contributed by atoms with Crippen molar-refractivity contribution >= 4 is 15.9 Å². The number of alkyl halides is 1. The van der Waals surface area contributed by atoms with Gasteiger partial charge in [-0.3, -0.25) is 0 Å². The molecule has 0 bridgehead atoms. The van der Waals surface area contributed by atoms with Gasteiger partial charge in [0, 0.05) is 11.4 Å². The third kappa shape index (κ3) is 2.69. The van der Waals surface area contributed by atoms with Gasteiger partial charge in [-0.1, -0.05) is 41.6 Å². The van der Waals surface area contributed by atoms with Crippen LogP contribution in [0.2, 0.25) is 0 Å². The van der Waals surface area contributed by atoms with E-state index >= 15 is 0 Å². The van der Waals surface area contributed by atoms with Gasteiger partial charge in [0.05, 0.1) is 6.61 Å². The van der Waals surface area contributed by atoms with E-state index in [1.54, 1.807) is 0 Å². The molecule has 13 heavy (non-hydrogen) atoms. The zero-order chi connectivity index (χ0) is 9.10. The first-order valence-corrected chi connectivity index (χ1v) is 6.49. The highest BCUT2D eigenvalue weighted by atomic mass is 79.9. The third-order valence-corrected chi connectivity index (χ3v) is 4.70. The molecule has 76 valence electrons. The standard InChI is InChI=1S/C11H19BrO/c12-11-5-6-13-8-10(11)7-9-3-1-2-4-9/h9-11H,1-8H2. The molecule has 0 aromatic rings. The van der Waals surface area contributed by atoms with Crippen LogP contribution in [0.15, 0.2) is 0 Å². The summed E-state index contributed by atoms with van der Waals surface area (Å²) in [6.45, 7) is 1.95. The minimum absolute atomic E-state index is 0.724. The molecule has 1 nitrogen and oxygen atoms in total. The predicted octanol–water partition coefficient (Wildman–Crippen LogP) is 3.37. The van der Waals surface area contributed by atoms with Crippen LogP contribution in [0.25, 0.3) is 0 Å².